The van der Waals surface area contributed by atoms with Gasteiger partial charge in [0, 0.05) is 24.2 Å². The molecule has 1 spiro atoms. The summed E-state index contributed by atoms with van der Waals surface area (Å²) in [5.74, 6) is 0. The smallest absolute Gasteiger partial charge is 0.123 e. The fourth-order valence-electron chi connectivity index (χ4n) is 3.13. The van der Waals surface area contributed by atoms with Crippen molar-refractivity contribution in [3.8, 4) is 0 Å². The number of nitrogens with one attached hydrogen (secondary N) is 1. The summed E-state index contributed by atoms with van der Waals surface area (Å²) in [5, 5.41) is 4.58. The Morgan fingerprint density at radius 2 is 2.32 bits per heavy atom. The molecule has 1 aromatic rings. The van der Waals surface area contributed by atoms with Crippen molar-refractivity contribution in [2.45, 2.75) is 38.4 Å². The number of aromatic nitrogens is 1. The van der Waals surface area contributed by atoms with Gasteiger partial charge in [0.2, 0.25) is 0 Å². The molecule has 0 aromatic carbocycles. The van der Waals surface area contributed by atoms with Crippen molar-refractivity contribution < 1.29 is 4.74 Å². The van der Waals surface area contributed by atoms with Crippen molar-refractivity contribution in [3.63, 3.8) is 0 Å². The lowest BCUT2D eigenvalue weighted by molar-refractivity contribution is -0.168. The molecule has 1 aromatic heterocycles. The summed E-state index contributed by atoms with van der Waals surface area (Å²) in [6.45, 7) is 9.65. The molecule has 0 radical (unpaired) electrons. The zero-order valence-corrected chi connectivity index (χ0v) is 12.6. The van der Waals surface area contributed by atoms with E-state index in [1.165, 1.54) is 4.88 Å². The first kappa shape index (κ1) is 13.5. The molecule has 2 saturated heterocycles. The van der Waals surface area contributed by atoms with Crippen LogP contribution in [0.15, 0.2) is 6.20 Å². The third kappa shape index (κ3) is 2.84. The van der Waals surface area contributed by atoms with Gasteiger partial charge in [-0.15, -0.1) is 11.3 Å². The summed E-state index contributed by atoms with van der Waals surface area (Å²) in [4.78, 5) is 8.33. The van der Waals surface area contributed by atoms with E-state index < -0.39 is 0 Å². The van der Waals surface area contributed by atoms with E-state index in [0.29, 0.717) is 0 Å². The molecule has 4 nitrogen and oxygen atoms in total. The molecule has 0 amide bonds. The number of rotatable bonds is 2. The van der Waals surface area contributed by atoms with Crippen LogP contribution in [-0.2, 0) is 4.74 Å². The van der Waals surface area contributed by atoms with Crippen molar-refractivity contribution >= 4 is 11.3 Å². The third-order valence-corrected chi connectivity index (χ3v) is 5.21. The minimum absolute atomic E-state index is 0.0454. The van der Waals surface area contributed by atoms with Gasteiger partial charge in [0.1, 0.15) is 11.1 Å². The second-order valence-electron chi connectivity index (χ2n) is 5.68. The van der Waals surface area contributed by atoms with Gasteiger partial charge in [-0.1, -0.05) is 6.92 Å². The molecule has 0 bridgehead atoms. The summed E-state index contributed by atoms with van der Waals surface area (Å²) in [6, 6.07) is 0. The monoisotopic (exact) mass is 281 g/mol. The van der Waals surface area contributed by atoms with Gasteiger partial charge < -0.3 is 10.1 Å². The van der Waals surface area contributed by atoms with Crippen LogP contribution in [0.5, 0.6) is 0 Å². The van der Waals surface area contributed by atoms with Crippen molar-refractivity contribution in [1.29, 1.82) is 0 Å². The maximum atomic E-state index is 6.51. The number of morpholine rings is 1. The summed E-state index contributed by atoms with van der Waals surface area (Å²) in [6.07, 6.45) is 4.35. The van der Waals surface area contributed by atoms with Crippen molar-refractivity contribution in [3.05, 3.63) is 16.1 Å². The molecule has 0 aliphatic carbocycles. The standard InChI is InChI=1S/C14H23N3OS/c1-3-17-9-12(13-16-8-11(2)19-13)18-14(10-17)4-6-15-7-5-14/h8,12,15H,3-7,9-10H2,1-2H3. The van der Waals surface area contributed by atoms with E-state index in [4.69, 9.17) is 4.74 Å². The predicted octanol–water partition coefficient (Wildman–Crippen LogP) is 1.97. The van der Waals surface area contributed by atoms with Crippen LogP contribution in [0.3, 0.4) is 0 Å². The lowest BCUT2D eigenvalue weighted by atomic mass is 9.89. The summed E-state index contributed by atoms with van der Waals surface area (Å²) < 4.78 is 6.51. The lowest BCUT2D eigenvalue weighted by Gasteiger charge is -2.47. The molecule has 1 N–H and O–H groups in total. The van der Waals surface area contributed by atoms with E-state index in [9.17, 15) is 0 Å². The molecule has 1 atom stereocenters. The quantitative estimate of drug-likeness (QED) is 0.899. The van der Waals surface area contributed by atoms with Crippen LogP contribution in [0, 0.1) is 6.92 Å². The van der Waals surface area contributed by atoms with E-state index in [1.807, 2.05) is 6.20 Å². The Balaban J connectivity index is 1.80. The maximum absolute atomic E-state index is 6.51. The van der Waals surface area contributed by atoms with Gasteiger partial charge >= 0.3 is 0 Å². The van der Waals surface area contributed by atoms with Crippen LogP contribution in [-0.4, -0.2) is 48.2 Å². The van der Waals surface area contributed by atoms with Gasteiger partial charge in [-0.25, -0.2) is 4.98 Å². The van der Waals surface area contributed by atoms with Crippen LogP contribution in [0.4, 0.5) is 0 Å². The predicted molar refractivity (Wildman–Crippen MR) is 77.6 cm³/mol. The topological polar surface area (TPSA) is 37.4 Å². The van der Waals surface area contributed by atoms with E-state index in [-0.39, 0.29) is 11.7 Å². The number of hydrogen-bond acceptors (Lipinski definition) is 5. The Bertz CT molecular complexity index is 428. The first-order valence-corrected chi connectivity index (χ1v) is 8.06. The van der Waals surface area contributed by atoms with Crippen molar-refractivity contribution in [2.24, 2.45) is 0 Å². The highest BCUT2D eigenvalue weighted by atomic mass is 32.1. The lowest BCUT2D eigenvalue weighted by Crippen LogP contribution is -2.56. The number of aryl methyl sites for hydroxylation is 1. The van der Waals surface area contributed by atoms with E-state index >= 15 is 0 Å². The number of nitrogens with zero attached hydrogens (tertiary/aromatic N) is 2. The van der Waals surface area contributed by atoms with E-state index in [0.717, 1.165) is 50.6 Å². The van der Waals surface area contributed by atoms with Crippen LogP contribution >= 0.6 is 11.3 Å². The zero-order chi connectivity index (χ0) is 13.3. The zero-order valence-electron chi connectivity index (χ0n) is 11.8. The number of ether oxygens (including phenoxy) is 1. The summed E-state index contributed by atoms with van der Waals surface area (Å²) in [5.41, 5.74) is 0.0454. The normalized spacial score (nSPS) is 27.8. The van der Waals surface area contributed by atoms with Gasteiger partial charge in [0.05, 0.1) is 5.60 Å². The third-order valence-electron chi connectivity index (χ3n) is 4.20. The highest BCUT2D eigenvalue weighted by Gasteiger charge is 2.42. The molecule has 19 heavy (non-hydrogen) atoms. The number of thiazole rings is 1. The summed E-state index contributed by atoms with van der Waals surface area (Å²) in [7, 11) is 0. The average Bonchev–Trinajstić information content (AvgIpc) is 2.86. The molecule has 0 saturated carbocycles. The minimum atomic E-state index is 0.0454. The van der Waals surface area contributed by atoms with Crippen molar-refractivity contribution in [1.82, 2.24) is 15.2 Å². The molecular formula is C14H23N3OS. The second kappa shape index (κ2) is 5.48. The SMILES string of the molecule is CCN1CC(c2ncc(C)s2)OC2(CCNCC2)C1. The van der Waals surface area contributed by atoms with E-state index in [2.05, 4.69) is 29.0 Å². The average molecular weight is 281 g/mol. The second-order valence-corrected chi connectivity index (χ2v) is 6.94. The highest BCUT2D eigenvalue weighted by molar-refractivity contribution is 7.11. The van der Waals surface area contributed by atoms with Gasteiger partial charge in [-0.05, 0) is 39.4 Å². The molecule has 2 aliphatic heterocycles. The minimum Gasteiger partial charge on any atom is -0.362 e. The fraction of sp³-hybridized carbons (Fsp3) is 0.786. The Kier molecular flexibility index (Phi) is 3.89. The largest absolute Gasteiger partial charge is 0.362 e. The molecule has 2 aliphatic rings. The van der Waals surface area contributed by atoms with Gasteiger partial charge in [0.15, 0.2) is 0 Å². The highest BCUT2D eigenvalue weighted by Crippen LogP contribution is 2.37. The number of likely N-dealkylation sites (N-methyl/N-ethyl adjacent to an activating group) is 1. The number of hydrogen-bond donors (Lipinski definition) is 1. The van der Waals surface area contributed by atoms with Crippen LogP contribution in [0.2, 0.25) is 0 Å². The fourth-order valence-corrected chi connectivity index (χ4v) is 3.93. The Morgan fingerprint density at radius 3 is 2.95 bits per heavy atom. The Labute approximate surface area is 119 Å². The Hall–Kier alpha value is -0.490. The molecule has 3 rings (SSSR count). The molecule has 106 valence electrons. The summed E-state index contributed by atoms with van der Waals surface area (Å²) >= 11 is 1.78. The van der Waals surface area contributed by atoms with E-state index in [1.54, 1.807) is 11.3 Å². The molecule has 5 heteroatoms. The maximum Gasteiger partial charge on any atom is 0.123 e. The molecule has 2 fully saturated rings. The molecular weight excluding hydrogens is 258 g/mol. The first-order valence-electron chi connectivity index (χ1n) is 7.24. The van der Waals surface area contributed by atoms with Gasteiger partial charge in [-0.3, -0.25) is 4.90 Å². The van der Waals surface area contributed by atoms with Crippen LogP contribution in [0.25, 0.3) is 0 Å². The van der Waals surface area contributed by atoms with Crippen LogP contribution in [0.1, 0.15) is 35.8 Å². The molecule has 1 unspecified atom stereocenters. The Morgan fingerprint density at radius 1 is 1.53 bits per heavy atom. The van der Waals surface area contributed by atoms with Crippen LogP contribution < -0.4 is 5.32 Å². The number of piperidine rings is 1. The van der Waals surface area contributed by atoms with Crippen molar-refractivity contribution in [2.75, 3.05) is 32.7 Å². The first-order chi connectivity index (χ1) is 9.21. The molecule has 3 heterocycles. The van der Waals surface area contributed by atoms with Gasteiger partial charge in [0.25, 0.3) is 0 Å². The van der Waals surface area contributed by atoms with Gasteiger partial charge in [-0.2, -0.15) is 0 Å².